The number of esters is 1. The fraction of sp³-hybridized carbons (Fsp3) is 0.273. The van der Waals surface area contributed by atoms with E-state index in [-0.39, 0.29) is 23.8 Å². The minimum Gasteiger partial charge on any atom is -0.478 e. The summed E-state index contributed by atoms with van der Waals surface area (Å²) >= 11 is 0. The number of aromatic carboxylic acids is 1. The van der Waals surface area contributed by atoms with Crippen LogP contribution in [0.1, 0.15) is 20.7 Å². The van der Waals surface area contributed by atoms with Crippen LogP contribution in [0, 0.1) is 0 Å². The molecule has 5 heteroatoms. The van der Waals surface area contributed by atoms with E-state index in [0.29, 0.717) is 6.61 Å². The molecule has 1 aliphatic rings. The van der Waals surface area contributed by atoms with Crippen LogP contribution in [0.4, 0.5) is 0 Å². The molecule has 16 heavy (non-hydrogen) atoms. The van der Waals surface area contributed by atoms with Crippen molar-refractivity contribution in [3.63, 3.8) is 0 Å². The van der Waals surface area contributed by atoms with Crippen LogP contribution in [-0.4, -0.2) is 36.4 Å². The molecule has 0 aliphatic carbocycles. The minimum atomic E-state index is -1.14. The Morgan fingerprint density at radius 1 is 1.38 bits per heavy atom. The Morgan fingerprint density at radius 3 is 2.56 bits per heavy atom. The van der Waals surface area contributed by atoms with E-state index in [2.05, 4.69) is 0 Å². The maximum absolute atomic E-state index is 11.6. The number of carboxylic acid groups (broad SMARTS) is 1. The van der Waals surface area contributed by atoms with Gasteiger partial charge in [-0.25, -0.2) is 9.59 Å². The molecule has 1 aromatic carbocycles. The van der Waals surface area contributed by atoms with Crippen LogP contribution < -0.4 is 0 Å². The van der Waals surface area contributed by atoms with Crippen molar-refractivity contribution in [3.8, 4) is 0 Å². The lowest BCUT2D eigenvalue weighted by atomic mass is 10.1. The summed E-state index contributed by atoms with van der Waals surface area (Å²) in [7, 11) is 0. The number of epoxide rings is 1. The van der Waals surface area contributed by atoms with Crippen molar-refractivity contribution in [1.82, 2.24) is 0 Å². The number of rotatable bonds is 4. The summed E-state index contributed by atoms with van der Waals surface area (Å²) in [5.74, 6) is -1.77. The zero-order chi connectivity index (χ0) is 11.5. The molecule has 1 fully saturated rings. The quantitative estimate of drug-likeness (QED) is 0.606. The molecule has 0 bridgehead atoms. The van der Waals surface area contributed by atoms with Crippen molar-refractivity contribution in [2.24, 2.45) is 0 Å². The standard InChI is InChI=1S/C11H10O5/c12-10(13)8-3-1-2-4-9(8)11(14)16-6-7-5-15-7/h1-4,7H,5-6H2,(H,12,13)/t7-/m0/s1. The van der Waals surface area contributed by atoms with Crippen LogP contribution in [0.25, 0.3) is 0 Å². The molecule has 2 rings (SSSR count). The summed E-state index contributed by atoms with van der Waals surface area (Å²) in [4.78, 5) is 22.4. The normalized spacial score (nSPS) is 17.9. The van der Waals surface area contributed by atoms with Gasteiger partial charge in [-0.05, 0) is 12.1 Å². The Kier molecular flexibility index (Phi) is 2.87. The molecule has 0 unspecified atom stereocenters. The van der Waals surface area contributed by atoms with Gasteiger partial charge in [0.15, 0.2) is 0 Å². The summed E-state index contributed by atoms with van der Waals surface area (Å²) in [5, 5.41) is 8.87. The largest absolute Gasteiger partial charge is 0.478 e. The van der Waals surface area contributed by atoms with E-state index in [1.165, 1.54) is 12.1 Å². The topological polar surface area (TPSA) is 76.1 Å². The Balaban J connectivity index is 2.11. The van der Waals surface area contributed by atoms with Gasteiger partial charge in [-0.15, -0.1) is 0 Å². The van der Waals surface area contributed by atoms with Gasteiger partial charge in [0.25, 0.3) is 0 Å². The molecule has 1 heterocycles. The van der Waals surface area contributed by atoms with Crippen molar-refractivity contribution >= 4 is 11.9 Å². The third-order valence-corrected chi connectivity index (χ3v) is 2.18. The lowest BCUT2D eigenvalue weighted by molar-refractivity contribution is 0.0467. The summed E-state index contributed by atoms with van der Waals surface area (Å²) in [5.41, 5.74) is 0.0138. The van der Waals surface area contributed by atoms with E-state index in [9.17, 15) is 9.59 Å². The Hall–Kier alpha value is -1.88. The molecule has 1 atom stereocenters. The predicted molar refractivity (Wildman–Crippen MR) is 53.4 cm³/mol. The number of carbonyl (C=O) groups is 2. The highest BCUT2D eigenvalue weighted by atomic mass is 16.6. The molecule has 1 aromatic rings. The van der Waals surface area contributed by atoms with Gasteiger partial charge in [0.2, 0.25) is 0 Å². The van der Waals surface area contributed by atoms with Crippen molar-refractivity contribution in [2.75, 3.05) is 13.2 Å². The number of hydrogen-bond acceptors (Lipinski definition) is 4. The van der Waals surface area contributed by atoms with Crippen LogP contribution in [0.2, 0.25) is 0 Å². The van der Waals surface area contributed by atoms with E-state index < -0.39 is 11.9 Å². The predicted octanol–water partition coefficient (Wildman–Crippen LogP) is 0.940. The van der Waals surface area contributed by atoms with E-state index in [0.717, 1.165) is 0 Å². The number of benzene rings is 1. The van der Waals surface area contributed by atoms with Crippen molar-refractivity contribution in [3.05, 3.63) is 35.4 Å². The van der Waals surface area contributed by atoms with Crippen LogP contribution in [0.15, 0.2) is 24.3 Å². The number of ether oxygens (including phenoxy) is 2. The van der Waals surface area contributed by atoms with Crippen molar-refractivity contribution < 1.29 is 24.2 Å². The smallest absolute Gasteiger partial charge is 0.339 e. The summed E-state index contributed by atoms with van der Waals surface area (Å²) in [6.45, 7) is 0.765. The average Bonchev–Trinajstić information content (AvgIpc) is 3.09. The second-order valence-corrected chi connectivity index (χ2v) is 3.40. The molecule has 5 nitrogen and oxygen atoms in total. The highest BCUT2D eigenvalue weighted by Gasteiger charge is 2.25. The summed E-state index contributed by atoms with van der Waals surface area (Å²) in [6.07, 6.45) is -0.0269. The first kappa shape index (κ1) is 10.6. The SMILES string of the molecule is O=C(O)c1ccccc1C(=O)OC[C@@H]1CO1. The fourth-order valence-corrected chi connectivity index (χ4v) is 1.26. The molecule has 1 saturated heterocycles. The Morgan fingerprint density at radius 2 is 2.00 bits per heavy atom. The maximum atomic E-state index is 11.6. The zero-order valence-corrected chi connectivity index (χ0v) is 8.38. The highest BCUT2D eigenvalue weighted by molar-refractivity contribution is 6.02. The van der Waals surface area contributed by atoms with Gasteiger partial charge in [0, 0.05) is 0 Å². The maximum Gasteiger partial charge on any atom is 0.339 e. The summed E-state index contributed by atoms with van der Waals surface area (Å²) in [6, 6.07) is 5.95. The van der Waals surface area contributed by atoms with Gasteiger partial charge in [-0.3, -0.25) is 0 Å². The van der Waals surface area contributed by atoms with Gasteiger partial charge in [0.1, 0.15) is 12.7 Å². The minimum absolute atomic E-state index is 0.0269. The fourth-order valence-electron chi connectivity index (χ4n) is 1.26. The van der Waals surface area contributed by atoms with Crippen molar-refractivity contribution in [2.45, 2.75) is 6.10 Å². The summed E-state index contributed by atoms with van der Waals surface area (Å²) < 4.78 is 9.79. The van der Waals surface area contributed by atoms with Crippen LogP contribution >= 0.6 is 0 Å². The Labute approximate surface area is 91.6 Å². The number of carbonyl (C=O) groups excluding carboxylic acids is 1. The molecule has 1 N–H and O–H groups in total. The monoisotopic (exact) mass is 222 g/mol. The van der Waals surface area contributed by atoms with E-state index in [1.54, 1.807) is 12.1 Å². The molecule has 0 aromatic heterocycles. The lowest BCUT2D eigenvalue weighted by Gasteiger charge is -2.05. The molecule has 0 spiro atoms. The van der Waals surface area contributed by atoms with Gasteiger partial charge < -0.3 is 14.6 Å². The second-order valence-electron chi connectivity index (χ2n) is 3.40. The van der Waals surface area contributed by atoms with E-state index >= 15 is 0 Å². The van der Waals surface area contributed by atoms with Gasteiger partial charge in [0.05, 0.1) is 17.7 Å². The molecule has 0 saturated carbocycles. The first-order valence-electron chi connectivity index (χ1n) is 4.79. The van der Waals surface area contributed by atoms with Crippen molar-refractivity contribution in [1.29, 1.82) is 0 Å². The second kappa shape index (κ2) is 4.32. The zero-order valence-electron chi connectivity index (χ0n) is 8.38. The van der Waals surface area contributed by atoms with Crippen LogP contribution in [0.3, 0.4) is 0 Å². The van der Waals surface area contributed by atoms with E-state index in [1.807, 2.05) is 0 Å². The van der Waals surface area contributed by atoms with Gasteiger partial charge in [-0.1, -0.05) is 12.1 Å². The molecule has 0 amide bonds. The van der Waals surface area contributed by atoms with E-state index in [4.69, 9.17) is 14.6 Å². The first-order chi connectivity index (χ1) is 7.68. The molecule has 84 valence electrons. The number of hydrogen-bond donors (Lipinski definition) is 1. The number of carboxylic acids is 1. The molecular formula is C11H10O5. The Bertz CT molecular complexity index is 422. The van der Waals surface area contributed by atoms with Gasteiger partial charge >= 0.3 is 11.9 Å². The third kappa shape index (κ3) is 2.38. The third-order valence-electron chi connectivity index (χ3n) is 2.18. The van der Waals surface area contributed by atoms with Crippen LogP contribution in [0.5, 0.6) is 0 Å². The lowest BCUT2D eigenvalue weighted by Crippen LogP contribution is -2.14. The highest BCUT2D eigenvalue weighted by Crippen LogP contribution is 2.13. The molecular weight excluding hydrogens is 212 g/mol. The average molecular weight is 222 g/mol. The van der Waals surface area contributed by atoms with Gasteiger partial charge in [-0.2, -0.15) is 0 Å². The molecule has 0 radical (unpaired) electrons. The van der Waals surface area contributed by atoms with Crippen LogP contribution in [-0.2, 0) is 9.47 Å². The first-order valence-corrected chi connectivity index (χ1v) is 4.79. The molecule has 1 aliphatic heterocycles.